The van der Waals surface area contributed by atoms with Crippen molar-refractivity contribution < 1.29 is 14.6 Å². The average molecular weight is 287 g/mol. The summed E-state index contributed by atoms with van der Waals surface area (Å²) in [5.74, 6) is 0.0864. The van der Waals surface area contributed by atoms with E-state index in [2.05, 4.69) is 0 Å². The van der Waals surface area contributed by atoms with E-state index in [-0.39, 0.29) is 6.42 Å². The molecule has 0 radical (unpaired) electrons. The monoisotopic (exact) mass is 287 g/mol. The van der Waals surface area contributed by atoms with Crippen molar-refractivity contribution in [3.8, 4) is 11.5 Å². The van der Waals surface area contributed by atoms with Crippen molar-refractivity contribution in [3.05, 3.63) is 48.0 Å². The molecular formula is C15H17N3O3. The molecule has 2 aromatic rings. The van der Waals surface area contributed by atoms with Crippen LogP contribution in [0.3, 0.4) is 0 Å². The van der Waals surface area contributed by atoms with Crippen molar-refractivity contribution in [1.82, 2.24) is 0 Å². The lowest BCUT2D eigenvalue weighted by Crippen LogP contribution is -2.32. The number of carbonyl (C=O) groups is 1. The summed E-state index contributed by atoms with van der Waals surface area (Å²) in [5, 5.41) is 8.77. The van der Waals surface area contributed by atoms with Crippen molar-refractivity contribution >= 4 is 17.3 Å². The molecule has 0 aliphatic carbocycles. The Hall–Kier alpha value is -2.73. The number of hydrogen-bond donors (Lipinski definition) is 4. The number of nitrogen functional groups attached to an aromatic ring is 2. The second kappa shape index (κ2) is 6.15. The number of carboxylic acids is 1. The van der Waals surface area contributed by atoms with E-state index in [0.717, 1.165) is 5.56 Å². The van der Waals surface area contributed by atoms with Gasteiger partial charge in [-0.05, 0) is 42.3 Å². The maximum absolute atomic E-state index is 10.7. The van der Waals surface area contributed by atoms with E-state index < -0.39 is 12.0 Å². The molecule has 21 heavy (non-hydrogen) atoms. The van der Waals surface area contributed by atoms with E-state index >= 15 is 0 Å². The van der Waals surface area contributed by atoms with Crippen LogP contribution in [0, 0.1) is 0 Å². The van der Waals surface area contributed by atoms with Gasteiger partial charge in [0.1, 0.15) is 17.5 Å². The number of anilines is 2. The molecule has 0 heterocycles. The van der Waals surface area contributed by atoms with Crippen LogP contribution in [0.5, 0.6) is 11.5 Å². The van der Waals surface area contributed by atoms with Crippen molar-refractivity contribution in [2.24, 2.45) is 5.73 Å². The van der Waals surface area contributed by atoms with Crippen molar-refractivity contribution in [3.63, 3.8) is 0 Å². The summed E-state index contributed by atoms with van der Waals surface area (Å²) in [6, 6.07) is 11.1. The summed E-state index contributed by atoms with van der Waals surface area (Å²) in [6.07, 6.45) is 0.264. The summed E-state index contributed by atoms with van der Waals surface area (Å²) in [4.78, 5) is 10.7. The molecule has 1 atom stereocenters. The van der Waals surface area contributed by atoms with E-state index in [1.54, 1.807) is 42.5 Å². The molecule has 110 valence electrons. The van der Waals surface area contributed by atoms with Crippen LogP contribution in [0.1, 0.15) is 5.56 Å². The Kier molecular flexibility index (Phi) is 4.30. The number of aliphatic carboxylic acids is 1. The zero-order valence-corrected chi connectivity index (χ0v) is 11.3. The van der Waals surface area contributed by atoms with Gasteiger partial charge in [-0.15, -0.1) is 0 Å². The molecule has 0 amide bonds. The summed E-state index contributed by atoms with van der Waals surface area (Å²) >= 11 is 0. The summed E-state index contributed by atoms with van der Waals surface area (Å²) in [6.45, 7) is 0. The minimum Gasteiger partial charge on any atom is -0.480 e. The van der Waals surface area contributed by atoms with E-state index in [1.807, 2.05) is 0 Å². The summed E-state index contributed by atoms with van der Waals surface area (Å²) in [5.41, 5.74) is 18.8. The fraction of sp³-hybridized carbons (Fsp3) is 0.133. The Balaban J connectivity index is 2.07. The Labute approximate surface area is 122 Å². The average Bonchev–Trinajstić information content (AvgIpc) is 2.43. The Morgan fingerprint density at radius 1 is 1.14 bits per heavy atom. The maximum Gasteiger partial charge on any atom is 0.320 e. The molecule has 0 saturated carbocycles. The normalized spacial score (nSPS) is 11.9. The standard InChI is InChI=1S/C15H17N3O3/c16-10-3-6-14(12(17)8-10)21-11-4-1-9(2-5-11)7-13(18)15(19)20/h1-6,8,13H,7,16-18H2,(H,19,20). The first-order valence-electron chi connectivity index (χ1n) is 6.36. The van der Waals surface area contributed by atoms with Crippen LogP contribution in [-0.4, -0.2) is 17.1 Å². The minimum absolute atomic E-state index is 0.264. The number of carboxylic acid groups (broad SMARTS) is 1. The Morgan fingerprint density at radius 3 is 2.38 bits per heavy atom. The van der Waals surface area contributed by atoms with Crippen molar-refractivity contribution in [1.29, 1.82) is 0 Å². The fourth-order valence-corrected chi connectivity index (χ4v) is 1.82. The van der Waals surface area contributed by atoms with Crippen molar-refractivity contribution in [2.45, 2.75) is 12.5 Å². The predicted octanol–water partition coefficient (Wildman–Crippen LogP) is 1.60. The highest BCUT2D eigenvalue weighted by Crippen LogP contribution is 2.29. The third-order valence-electron chi connectivity index (χ3n) is 2.96. The smallest absolute Gasteiger partial charge is 0.320 e. The van der Waals surface area contributed by atoms with Gasteiger partial charge in [-0.1, -0.05) is 12.1 Å². The first-order chi connectivity index (χ1) is 9.95. The molecule has 6 nitrogen and oxygen atoms in total. The van der Waals surface area contributed by atoms with Gasteiger partial charge in [0.05, 0.1) is 5.69 Å². The lowest BCUT2D eigenvalue weighted by Gasteiger charge is -2.10. The Bertz CT molecular complexity index is 641. The van der Waals surface area contributed by atoms with Crippen LogP contribution in [-0.2, 0) is 11.2 Å². The zero-order valence-electron chi connectivity index (χ0n) is 11.3. The summed E-state index contributed by atoms with van der Waals surface area (Å²) < 4.78 is 5.64. The SMILES string of the molecule is Nc1ccc(Oc2ccc(CC(N)C(=O)O)cc2)c(N)c1. The molecule has 2 rings (SSSR count). The van der Waals surface area contributed by atoms with Gasteiger partial charge in [-0.2, -0.15) is 0 Å². The van der Waals surface area contributed by atoms with Crippen LogP contribution in [0.2, 0.25) is 0 Å². The predicted molar refractivity (Wildman–Crippen MR) is 81.1 cm³/mol. The number of ether oxygens (including phenoxy) is 1. The summed E-state index contributed by atoms with van der Waals surface area (Å²) in [7, 11) is 0. The molecule has 0 aliphatic rings. The van der Waals surface area contributed by atoms with Gasteiger partial charge in [0.25, 0.3) is 0 Å². The molecule has 2 aromatic carbocycles. The molecule has 6 heteroatoms. The zero-order chi connectivity index (χ0) is 15.4. The second-order valence-corrected chi connectivity index (χ2v) is 4.69. The number of rotatable bonds is 5. The van der Waals surface area contributed by atoms with Crippen LogP contribution in [0.25, 0.3) is 0 Å². The van der Waals surface area contributed by atoms with Crippen LogP contribution < -0.4 is 21.9 Å². The fourth-order valence-electron chi connectivity index (χ4n) is 1.82. The minimum atomic E-state index is -1.02. The third kappa shape index (κ3) is 3.87. The third-order valence-corrected chi connectivity index (χ3v) is 2.96. The van der Waals surface area contributed by atoms with Crippen molar-refractivity contribution in [2.75, 3.05) is 11.5 Å². The number of hydrogen-bond acceptors (Lipinski definition) is 5. The maximum atomic E-state index is 10.7. The molecule has 7 N–H and O–H groups in total. The lowest BCUT2D eigenvalue weighted by atomic mass is 10.1. The van der Waals surface area contributed by atoms with Gasteiger partial charge in [0.2, 0.25) is 0 Å². The van der Waals surface area contributed by atoms with Crippen LogP contribution in [0.15, 0.2) is 42.5 Å². The van der Waals surface area contributed by atoms with Gasteiger partial charge in [0.15, 0.2) is 0 Å². The first kappa shape index (κ1) is 14.7. The first-order valence-corrected chi connectivity index (χ1v) is 6.36. The molecule has 0 fully saturated rings. The van der Waals surface area contributed by atoms with E-state index in [4.69, 9.17) is 27.0 Å². The number of benzene rings is 2. The van der Waals surface area contributed by atoms with E-state index in [9.17, 15) is 4.79 Å². The van der Waals surface area contributed by atoms with E-state index in [0.29, 0.717) is 22.9 Å². The molecule has 0 spiro atoms. The molecule has 0 saturated heterocycles. The molecular weight excluding hydrogens is 270 g/mol. The molecule has 0 aliphatic heterocycles. The topological polar surface area (TPSA) is 125 Å². The van der Waals surface area contributed by atoms with Gasteiger partial charge >= 0.3 is 5.97 Å². The highest BCUT2D eigenvalue weighted by atomic mass is 16.5. The van der Waals surface area contributed by atoms with Gasteiger partial charge in [-0.25, -0.2) is 0 Å². The second-order valence-electron chi connectivity index (χ2n) is 4.69. The highest BCUT2D eigenvalue weighted by Gasteiger charge is 2.12. The van der Waals surface area contributed by atoms with Crippen LogP contribution >= 0.6 is 0 Å². The molecule has 0 bridgehead atoms. The van der Waals surface area contributed by atoms with Gasteiger partial charge in [0, 0.05) is 5.69 Å². The highest BCUT2D eigenvalue weighted by molar-refractivity contribution is 5.73. The van der Waals surface area contributed by atoms with Crippen LogP contribution in [0.4, 0.5) is 11.4 Å². The molecule has 1 unspecified atom stereocenters. The van der Waals surface area contributed by atoms with E-state index in [1.165, 1.54) is 0 Å². The number of nitrogens with two attached hydrogens (primary N) is 3. The Morgan fingerprint density at radius 2 is 1.81 bits per heavy atom. The quantitative estimate of drug-likeness (QED) is 0.619. The largest absolute Gasteiger partial charge is 0.480 e. The van der Waals surface area contributed by atoms with Gasteiger partial charge in [-0.3, -0.25) is 4.79 Å². The molecule has 0 aromatic heterocycles. The van der Waals surface area contributed by atoms with Gasteiger partial charge < -0.3 is 27.0 Å². The lowest BCUT2D eigenvalue weighted by molar-refractivity contribution is -0.138.